The quantitative estimate of drug-likeness (QED) is 0.584. The van der Waals surface area contributed by atoms with E-state index in [1.807, 2.05) is 6.07 Å². The topological polar surface area (TPSA) is 112 Å². The van der Waals surface area contributed by atoms with Crippen molar-refractivity contribution in [3.05, 3.63) is 52.3 Å². The maximum Gasteiger partial charge on any atom is 0.316 e. The Balaban J connectivity index is 1.76. The van der Waals surface area contributed by atoms with Gasteiger partial charge in [0.15, 0.2) is 5.82 Å². The third-order valence-electron chi connectivity index (χ3n) is 5.15. The Morgan fingerprint density at radius 2 is 2.03 bits per heavy atom. The summed E-state index contributed by atoms with van der Waals surface area (Å²) in [7, 11) is 1.45. The molecular formula is C21H23FN6O3. The average Bonchev–Trinajstić information content (AvgIpc) is 2.74. The van der Waals surface area contributed by atoms with Crippen LogP contribution in [0.3, 0.4) is 0 Å². The van der Waals surface area contributed by atoms with Gasteiger partial charge in [0, 0.05) is 54.7 Å². The predicted octanol–water partition coefficient (Wildman–Crippen LogP) is 1.90. The van der Waals surface area contributed by atoms with Crippen LogP contribution in [-0.4, -0.2) is 53.1 Å². The van der Waals surface area contributed by atoms with Crippen molar-refractivity contribution >= 4 is 28.2 Å². The Morgan fingerprint density at radius 3 is 2.71 bits per heavy atom. The first-order valence-electron chi connectivity index (χ1n) is 9.90. The van der Waals surface area contributed by atoms with Gasteiger partial charge in [0.2, 0.25) is 0 Å². The van der Waals surface area contributed by atoms with Crippen molar-refractivity contribution in [3.63, 3.8) is 0 Å². The van der Waals surface area contributed by atoms with Gasteiger partial charge in [-0.05, 0) is 26.0 Å². The van der Waals surface area contributed by atoms with Gasteiger partial charge in [-0.3, -0.25) is 9.59 Å². The molecule has 3 heterocycles. The van der Waals surface area contributed by atoms with Gasteiger partial charge in [0.25, 0.3) is 11.5 Å². The van der Waals surface area contributed by atoms with Crippen LogP contribution in [0.25, 0.3) is 10.9 Å². The van der Waals surface area contributed by atoms with Gasteiger partial charge < -0.3 is 25.3 Å². The van der Waals surface area contributed by atoms with E-state index in [0.717, 1.165) is 24.8 Å². The van der Waals surface area contributed by atoms with Crippen LogP contribution in [0.2, 0.25) is 0 Å². The van der Waals surface area contributed by atoms with Crippen molar-refractivity contribution in [2.75, 3.05) is 30.4 Å². The van der Waals surface area contributed by atoms with Crippen LogP contribution in [0.15, 0.2) is 35.4 Å². The van der Waals surface area contributed by atoms with E-state index < -0.39 is 17.3 Å². The third kappa shape index (κ3) is 4.19. The van der Waals surface area contributed by atoms with Crippen LogP contribution in [0.5, 0.6) is 6.01 Å². The van der Waals surface area contributed by atoms with E-state index in [0.29, 0.717) is 23.0 Å². The van der Waals surface area contributed by atoms with E-state index in [-0.39, 0.29) is 17.3 Å². The number of hydrogen-bond acceptors (Lipinski definition) is 7. The number of piperazine rings is 1. The molecule has 3 N–H and O–H groups in total. The molecule has 2 aromatic heterocycles. The monoisotopic (exact) mass is 426 g/mol. The Hall–Kier alpha value is -3.53. The normalized spacial score (nSPS) is 18.8. The highest BCUT2D eigenvalue weighted by molar-refractivity contribution is 6.13. The van der Waals surface area contributed by atoms with Gasteiger partial charge in [-0.25, -0.2) is 9.37 Å². The van der Waals surface area contributed by atoms with Gasteiger partial charge >= 0.3 is 6.01 Å². The van der Waals surface area contributed by atoms with Gasteiger partial charge in [0.05, 0.1) is 23.9 Å². The number of aromatic nitrogens is 3. The van der Waals surface area contributed by atoms with Crippen molar-refractivity contribution in [1.29, 1.82) is 0 Å². The number of hydrogen-bond donors (Lipinski definition) is 3. The zero-order chi connectivity index (χ0) is 22.1. The van der Waals surface area contributed by atoms with Crippen molar-refractivity contribution in [2.45, 2.75) is 25.9 Å². The Bertz CT molecular complexity index is 1190. The third-order valence-corrected chi connectivity index (χ3v) is 5.15. The molecular weight excluding hydrogens is 403 g/mol. The number of benzene rings is 1. The minimum Gasteiger partial charge on any atom is -0.467 e. The molecule has 0 radical (unpaired) electrons. The zero-order valence-electron chi connectivity index (χ0n) is 17.4. The fourth-order valence-corrected chi connectivity index (χ4v) is 3.90. The molecule has 0 unspecified atom stereocenters. The summed E-state index contributed by atoms with van der Waals surface area (Å²) in [5.74, 6) is -1.48. The van der Waals surface area contributed by atoms with E-state index in [9.17, 15) is 14.0 Å². The lowest BCUT2D eigenvalue weighted by molar-refractivity contribution is 0.102. The first-order valence-corrected chi connectivity index (χ1v) is 9.90. The summed E-state index contributed by atoms with van der Waals surface area (Å²) in [6.45, 7) is 5.84. The molecule has 0 saturated carbocycles. The van der Waals surface area contributed by atoms with Crippen LogP contribution in [0.4, 0.5) is 15.8 Å². The summed E-state index contributed by atoms with van der Waals surface area (Å²) in [5, 5.41) is 6.80. The van der Waals surface area contributed by atoms with E-state index in [2.05, 4.69) is 44.3 Å². The van der Waals surface area contributed by atoms with Gasteiger partial charge in [0.1, 0.15) is 0 Å². The molecule has 1 aliphatic rings. The molecule has 3 aromatic rings. The summed E-state index contributed by atoms with van der Waals surface area (Å²) >= 11 is 0. The Labute approximate surface area is 177 Å². The number of aromatic amines is 1. The number of nitrogens with one attached hydrogen (secondary N) is 3. The zero-order valence-corrected chi connectivity index (χ0v) is 17.4. The number of anilines is 2. The Morgan fingerprint density at radius 1 is 1.29 bits per heavy atom. The molecule has 0 spiro atoms. The van der Waals surface area contributed by atoms with Crippen LogP contribution < -0.4 is 25.8 Å². The molecule has 1 fully saturated rings. The van der Waals surface area contributed by atoms with Crippen LogP contribution >= 0.6 is 0 Å². The second-order valence-corrected chi connectivity index (χ2v) is 7.64. The van der Waals surface area contributed by atoms with Crippen molar-refractivity contribution in [1.82, 2.24) is 20.3 Å². The molecule has 1 saturated heterocycles. The molecule has 1 amide bonds. The van der Waals surface area contributed by atoms with Crippen LogP contribution in [0, 0.1) is 5.82 Å². The number of rotatable bonds is 4. The molecule has 1 aliphatic heterocycles. The summed E-state index contributed by atoms with van der Waals surface area (Å²) in [6, 6.07) is 5.25. The molecule has 2 atom stereocenters. The minimum atomic E-state index is -0.982. The summed E-state index contributed by atoms with van der Waals surface area (Å²) in [4.78, 5) is 37.3. The first-order chi connectivity index (χ1) is 14.9. The largest absolute Gasteiger partial charge is 0.467 e. The lowest BCUT2D eigenvalue weighted by atomic mass is 10.0. The van der Waals surface area contributed by atoms with Gasteiger partial charge in [-0.1, -0.05) is 0 Å². The van der Waals surface area contributed by atoms with Crippen molar-refractivity contribution in [3.8, 4) is 6.01 Å². The molecule has 162 valence electrons. The number of fused-ring (bicyclic) bond motifs is 1. The van der Waals surface area contributed by atoms with E-state index in [4.69, 9.17) is 4.74 Å². The molecule has 0 aliphatic carbocycles. The molecule has 1 aromatic carbocycles. The lowest BCUT2D eigenvalue weighted by Gasteiger charge is -2.38. The van der Waals surface area contributed by atoms with E-state index in [1.54, 1.807) is 12.3 Å². The van der Waals surface area contributed by atoms with Crippen LogP contribution in [-0.2, 0) is 0 Å². The lowest BCUT2D eigenvalue weighted by Crippen LogP contribution is -2.54. The van der Waals surface area contributed by atoms with E-state index >= 15 is 0 Å². The SMILES string of the molecule is COc1ncc2c(N3C[C@@H](C)N[C@@H](C)C3)ccc(C(=O)Nc3c[nH]c(=O)c(F)c3)c2n1. The molecule has 4 rings (SSSR count). The number of methoxy groups -OCH3 is 1. The second-order valence-electron chi connectivity index (χ2n) is 7.64. The molecule has 9 nitrogen and oxygen atoms in total. The standard InChI is InChI=1S/C21H23FN6O3/c1-11-9-28(10-12(2)25-11)17-5-4-14(18-15(17)8-24-21(27-18)31-3)19(29)26-13-6-16(22)20(30)23-7-13/h4-8,11-12,25H,9-10H2,1-3H3,(H,23,30)(H,26,29)/t11-,12+. The average molecular weight is 426 g/mol. The number of H-pyrrole nitrogens is 1. The number of nitrogens with zero attached hydrogens (tertiary/aromatic N) is 3. The predicted molar refractivity (Wildman–Crippen MR) is 115 cm³/mol. The maximum atomic E-state index is 13.6. The smallest absolute Gasteiger partial charge is 0.316 e. The fourth-order valence-electron chi connectivity index (χ4n) is 3.90. The highest BCUT2D eigenvalue weighted by Crippen LogP contribution is 2.30. The number of amides is 1. The number of ether oxygens (including phenoxy) is 1. The Kier molecular flexibility index (Phi) is 5.55. The molecule has 0 bridgehead atoms. The number of carbonyl (C=O) groups excluding carboxylic acids is 1. The fraction of sp³-hybridized carbons (Fsp3) is 0.333. The molecule has 31 heavy (non-hydrogen) atoms. The highest BCUT2D eigenvalue weighted by Gasteiger charge is 2.24. The van der Waals surface area contributed by atoms with Gasteiger partial charge in [-0.2, -0.15) is 4.98 Å². The number of halogens is 1. The summed E-state index contributed by atoms with van der Waals surface area (Å²) in [6.07, 6.45) is 2.88. The maximum absolute atomic E-state index is 13.6. The summed E-state index contributed by atoms with van der Waals surface area (Å²) < 4.78 is 18.7. The highest BCUT2D eigenvalue weighted by atomic mass is 19.1. The van der Waals surface area contributed by atoms with Gasteiger partial charge in [-0.15, -0.1) is 0 Å². The molecule has 10 heteroatoms. The number of pyridine rings is 1. The van der Waals surface area contributed by atoms with Crippen molar-refractivity contribution < 1.29 is 13.9 Å². The second kappa shape index (κ2) is 8.31. The van der Waals surface area contributed by atoms with Crippen LogP contribution in [0.1, 0.15) is 24.2 Å². The van der Waals surface area contributed by atoms with E-state index in [1.165, 1.54) is 13.3 Å². The van der Waals surface area contributed by atoms with Crippen molar-refractivity contribution in [2.24, 2.45) is 0 Å². The summed E-state index contributed by atoms with van der Waals surface area (Å²) in [5.41, 5.74) is 0.896. The number of carbonyl (C=O) groups is 1. The first kappa shape index (κ1) is 20.7. The minimum absolute atomic E-state index is 0.130.